The molecule has 3 aromatic rings. The number of rotatable bonds is 13. The number of amides is 2. The number of halogens is 3. The third-order valence-corrected chi connectivity index (χ3v) is 6.55. The number of aromatic nitrogens is 4. The van der Waals surface area contributed by atoms with Crippen molar-refractivity contribution in [3.8, 4) is 11.5 Å². The molecule has 0 fully saturated rings. The Kier molecular flexibility index (Phi) is 10.2. The largest absolute Gasteiger partial charge is 0.436 e. The number of nitrogens with one attached hydrogen (secondary N) is 3. The number of nitrogens with zero attached hydrogens (tertiary/aromatic N) is 3. The number of ether oxygens (including phenoxy) is 1. The molecular formula is C27H33F3N6O5. The van der Waals surface area contributed by atoms with Crippen molar-refractivity contribution in [2.24, 2.45) is 5.41 Å². The van der Waals surface area contributed by atoms with Gasteiger partial charge in [-0.3, -0.25) is 14.7 Å². The van der Waals surface area contributed by atoms with Crippen LogP contribution >= 0.6 is 0 Å². The van der Waals surface area contributed by atoms with Crippen molar-refractivity contribution in [3.05, 3.63) is 48.0 Å². The van der Waals surface area contributed by atoms with Crippen molar-refractivity contribution in [3.63, 3.8) is 0 Å². The maximum Gasteiger partial charge on any atom is 0.416 e. The molecule has 1 aromatic carbocycles. The molecular weight excluding hydrogens is 545 g/mol. The Hall–Kier alpha value is -4.23. The number of benzene rings is 1. The summed E-state index contributed by atoms with van der Waals surface area (Å²) in [6.45, 7) is 7.75. The molecule has 0 aliphatic carbocycles. The zero-order valence-corrected chi connectivity index (χ0v) is 23.2. The van der Waals surface area contributed by atoms with E-state index >= 15 is 0 Å². The lowest BCUT2D eigenvalue weighted by Crippen LogP contribution is -2.46. The summed E-state index contributed by atoms with van der Waals surface area (Å²) in [7, 11) is 0. The van der Waals surface area contributed by atoms with Gasteiger partial charge in [-0.2, -0.15) is 18.3 Å². The lowest BCUT2D eigenvalue weighted by molar-refractivity contribution is -0.137. The van der Waals surface area contributed by atoms with E-state index in [1.165, 1.54) is 24.4 Å². The number of hydrogen-bond donors (Lipinski definition) is 3. The second-order valence-corrected chi connectivity index (χ2v) is 10.3. The first-order valence-electron chi connectivity index (χ1n) is 13.2. The molecule has 0 unspecified atom stereocenters. The van der Waals surface area contributed by atoms with Crippen LogP contribution in [0.25, 0.3) is 11.5 Å². The van der Waals surface area contributed by atoms with Crippen LogP contribution in [0.4, 0.5) is 23.8 Å². The number of carbonyl (C=O) groups is 3. The van der Waals surface area contributed by atoms with Crippen LogP contribution in [0.5, 0.6) is 0 Å². The normalized spacial score (nSPS) is 13.3. The van der Waals surface area contributed by atoms with E-state index < -0.39 is 41.7 Å². The first-order valence-corrected chi connectivity index (χ1v) is 13.2. The SMILES string of the molecule is CCCC[C@H](NC(=O)O[C@H](CC(C)(C)CC)c1nnc(-c2ccc(C(F)(F)F)cc2)o1)C(=O)C(=O)Nc1ccn[nH]1. The molecule has 0 radical (unpaired) electrons. The quantitative estimate of drug-likeness (QED) is 0.214. The Labute approximate surface area is 234 Å². The molecule has 14 heteroatoms. The average Bonchev–Trinajstić information content (AvgIpc) is 3.62. The molecule has 41 heavy (non-hydrogen) atoms. The Morgan fingerprint density at radius 1 is 1.07 bits per heavy atom. The monoisotopic (exact) mass is 578 g/mol. The van der Waals surface area contributed by atoms with Gasteiger partial charge in [-0.05, 0) is 42.5 Å². The fourth-order valence-corrected chi connectivity index (χ4v) is 3.76. The second-order valence-electron chi connectivity index (χ2n) is 10.3. The molecule has 0 bridgehead atoms. The number of hydrogen-bond acceptors (Lipinski definition) is 8. The highest BCUT2D eigenvalue weighted by molar-refractivity contribution is 6.42. The van der Waals surface area contributed by atoms with Crippen LogP contribution in [0.15, 0.2) is 40.9 Å². The summed E-state index contributed by atoms with van der Waals surface area (Å²) in [6.07, 6.45) is -2.66. The predicted octanol–water partition coefficient (Wildman–Crippen LogP) is 5.84. The number of unbranched alkanes of at least 4 members (excludes halogenated alkanes) is 1. The molecule has 0 saturated carbocycles. The standard InChI is InChI=1S/C27H33F3N6O5/c1-5-7-8-18(21(37)22(38)33-20-13-14-31-34-20)32-25(39)40-19(15-26(3,4)6-2)24-36-35-23(41-24)16-9-11-17(12-10-16)27(28,29)30/h9-14,18-19H,5-8,15H2,1-4H3,(H,32,39)(H2,31,33,34,38)/t18-,19+/m0/s1. The lowest BCUT2D eigenvalue weighted by Gasteiger charge is -2.27. The molecule has 2 heterocycles. The second kappa shape index (κ2) is 13.4. The summed E-state index contributed by atoms with van der Waals surface area (Å²) in [5, 5.41) is 19.0. The summed E-state index contributed by atoms with van der Waals surface area (Å²) < 4.78 is 50.1. The van der Waals surface area contributed by atoms with Gasteiger partial charge in [0.15, 0.2) is 6.10 Å². The van der Waals surface area contributed by atoms with E-state index in [0.717, 1.165) is 12.1 Å². The third-order valence-electron chi connectivity index (χ3n) is 6.55. The van der Waals surface area contributed by atoms with Gasteiger partial charge < -0.3 is 19.8 Å². The Morgan fingerprint density at radius 3 is 2.37 bits per heavy atom. The number of alkyl halides is 3. The Morgan fingerprint density at radius 2 is 1.78 bits per heavy atom. The van der Waals surface area contributed by atoms with Crippen molar-refractivity contribution in [2.75, 3.05) is 5.32 Å². The number of anilines is 1. The lowest BCUT2D eigenvalue weighted by atomic mass is 9.84. The van der Waals surface area contributed by atoms with Gasteiger partial charge in [0.25, 0.3) is 11.8 Å². The third kappa shape index (κ3) is 8.88. The molecule has 0 aliphatic rings. The molecule has 2 amide bonds. The molecule has 2 atom stereocenters. The van der Waals surface area contributed by atoms with Crippen LogP contribution in [-0.4, -0.2) is 44.2 Å². The van der Waals surface area contributed by atoms with Gasteiger partial charge in [0.05, 0.1) is 11.8 Å². The molecule has 3 rings (SSSR count). The van der Waals surface area contributed by atoms with E-state index in [4.69, 9.17) is 9.15 Å². The van der Waals surface area contributed by atoms with E-state index in [2.05, 4.69) is 31.0 Å². The summed E-state index contributed by atoms with van der Waals surface area (Å²) in [6, 6.07) is 4.52. The van der Waals surface area contributed by atoms with Crippen molar-refractivity contribution < 1.29 is 36.7 Å². The van der Waals surface area contributed by atoms with Gasteiger partial charge in [-0.15, -0.1) is 10.2 Å². The Bertz CT molecular complexity index is 1310. The van der Waals surface area contributed by atoms with Gasteiger partial charge in [-0.25, -0.2) is 4.79 Å². The van der Waals surface area contributed by atoms with Crippen LogP contribution in [0.3, 0.4) is 0 Å². The maximum atomic E-state index is 13.0. The van der Waals surface area contributed by atoms with Gasteiger partial charge >= 0.3 is 12.3 Å². The maximum absolute atomic E-state index is 13.0. The highest BCUT2D eigenvalue weighted by atomic mass is 19.4. The number of carbonyl (C=O) groups excluding carboxylic acids is 3. The smallest absolute Gasteiger partial charge is 0.416 e. The van der Waals surface area contributed by atoms with Gasteiger partial charge in [0.1, 0.15) is 11.9 Å². The van der Waals surface area contributed by atoms with Crippen LogP contribution in [0.2, 0.25) is 0 Å². The van der Waals surface area contributed by atoms with Crippen LogP contribution in [-0.2, 0) is 20.5 Å². The molecule has 3 N–H and O–H groups in total. The molecule has 2 aromatic heterocycles. The molecule has 11 nitrogen and oxygen atoms in total. The van der Waals surface area contributed by atoms with E-state index in [1.54, 1.807) is 0 Å². The van der Waals surface area contributed by atoms with Crippen LogP contribution < -0.4 is 10.6 Å². The highest BCUT2D eigenvalue weighted by Gasteiger charge is 2.33. The minimum absolute atomic E-state index is 0.0523. The number of alkyl carbamates (subject to hydrolysis) is 1. The van der Waals surface area contributed by atoms with Gasteiger partial charge in [0.2, 0.25) is 11.7 Å². The van der Waals surface area contributed by atoms with Crippen molar-refractivity contribution >= 4 is 23.6 Å². The minimum Gasteiger partial charge on any atom is -0.436 e. The molecule has 0 aliphatic heterocycles. The van der Waals surface area contributed by atoms with E-state index in [-0.39, 0.29) is 41.4 Å². The number of H-pyrrole nitrogens is 1. The summed E-state index contributed by atoms with van der Waals surface area (Å²) in [4.78, 5) is 38.3. The van der Waals surface area contributed by atoms with Crippen molar-refractivity contribution in [1.29, 1.82) is 0 Å². The van der Waals surface area contributed by atoms with Gasteiger partial charge in [-0.1, -0.05) is 47.0 Å². The first kappa shape index (κ1) is 31.3. The zero-order valence-electron chi connectivity index (χ0n) is 23.2. The number of ketones is 1. The minimum atomic E-state index is -4.49. The number of aromatic amines is 1. The van der Waals surface area contributed by atoms with E-state index in [1.807, 2.05) is 27.7 Å². The average molecular weight is 579 g/mol. The van der Waals surface area contributed by atoms with Crippen LogP contribution in [0.1, 0.15) is 77.4 Å². The predicted molar refractivity (Wildman–Crippen MR) is 141 cm³/mol. The van der Waals surface area contributed by atoms with Crippen LogP contribution in [0, 0.1) is 5.41 Å². The van der Waals surface area contributed by atoms with Crippen molar-refractivity contribution in [1.82, 2.24) is 25.7 Å². The summed E-state index contributed by atoms with van der Waals surface area (Å²) in [5.74, 6) is -1.69. The van der Waals surface area contributed by atoms with Gasteiger partial charge in [0, 0.05) is 11.6 Å². The fourth-order valence-electron chi connectivity index (χ4n) is 3.76. The van der Waals surface area contributed by atoms with E-state index in [9.17, 15) is 27.6 Å². The Balaban J connectivity index is 1.78. The summed E-state index contributed by atoms with van der Waals surface area (Å²) >= 11 is 0. The topological polar surface area (TPSA) is 152 Å². The van der Waals surface area contributed by atoms with E-state index in [0.29, 0.717) is 19.3 Å². The molecule has 0 saturated heterocycles. The first-order chi connectivity index (χ1) is 19.3. The summed E-state index contributed by atoms with van der Waals surface area (Å²) in [5.41, 5.74) is -0.910. The highest BCUT2D eigenvalue weighted by Crippen LogP contribution is 2.36. The number of Topliss-reactive ketones (excluding diaryl/α,β-unsaturated/α-hetero) is 1. The molecule has 0 spiro atoms. The molecule has 222 valence electrons. The zero-order chi connectivity index (χ0) is 30.2. The van der Waals surface area contributed by atoms with Crippen molar-refractivity contribution in [2.45, 2.75) is 78.1 Å². The fraction of sp³-hybridized carbons (Fsp3) is 0.481.